The molecule has 3 rings (SSSR count). The molecule has 1 aliphatic rings. The number of carbonyl (C=O) groups excluding carboxylic acids is 3. The molecule has 0 atom stereocenters. The lowest BCUT2D eigenvalue weighted by Gasteiger charge is -2.11. The summed E-state index contributed by atoms with van der Waals surface area (Å²) in [7, 11) is 0. The molecule has 2 N–H and O–H groups in total. The van der Waals surface area contributed by atoms with Crippen molar-refractivity contribution in [3.8, 4) is 0 Å². The minimum atomic E-state index is -0.987. The molecule has 1 fully saturated rings. The molecule has 0 radical (unpaired) electrons. The maximum atomic E-state index is 13.7. The molecule has 1 saturated carbocycles. The zero-order chi connectivity index (χ0) is 19.4. The van der Waals surface area contributed by atoms with Gasteiger partial charge in [-0.2, -0.15) is 0 Å². The highest BCUT2D eigenvalue weighted by Crippen LogP contribution is 2.21. The Morgan fingerprint density at radius 2 is 1.85 bits per heavy atom. The first-order chi connectivity index (χ1) is 12.9. The normalized spacial score (nSPS) is 13.0. The number of hydrogen-bond donors (Lipinski definition) is 2. The van der Waals surface area contributed by atoms with E-state index in [0.717, 1.165) is 18.9 Å². The third-order valence-corrected chi connectivity index (χ3v) is 4.08. The van der Waals surface area contributed by atoms with Crippen molar-refractivity contribution >= 4 is 35.1 Å². The average molecular weight is 391 g/mol. The SMILES string of the molecule is O=C(COC(=O)c1ccc(Cl)cc1F)Nc1ccccc1C(=O)NC1CC1. The van der Waals surface area contributed by atoms with Crippen molar-refractivity contribution < 1.29 is 23.5 Å². The number of ether oxygens (including phenoxy) is 1. The van der Waals surface area contributed by atoms with Gasteiger partial charge in [0.25, 0.3) is 11.8 Å². The van der Waals surface area contributed by atoms with E-state index < -0.39 is 24.3 Å². The molecular weight excluding hydrogens is 375 g/mol. The Hall–Kier alpha value is -2.93. The third kappa shape index (κ3) is 5.04. The highest BCUT2D eigenvalue weighted by molar-refractivity contribution is 6.30. The van der Waals surface area contributed by atoms with Crippen LogP contribution in [0, 0.1) is 5.82 Å². The van der Waals surface area contributed by atoms with Crippen LogP contribution in [0.3, 0.4) is 0 Å². The number of esters is 1. The monoisotopic (exact) mass is 390 g/mol. The summed E-state index contributed by atoms with van der Waals surface area (Å²) in [5.41, 5.74) is 0.290. The Bertz CT molecular complexity index is 899. The van der Waals surface area contributed by atoms with Crippen LogP contribution in [0.15, 0.2) is 42.5 Å². The van der Waals surface area contributed by atoms with Gasteiger partial charge in [-0.15, -0.1) is 0 Å². The molecular formula is C19H16ClFN2O4. The fourth-order valence-electron chi connectivity index (χ4n) is 2.33. The van der Waals surface area contributed by atoms with E-state index >= 15 is 0 Å². The Morgan fingerprint density at radius 3 is 2.56 bits per heavy atom. The van der Waals surface area contributed by atoms with Gasteiger partial charge in [0.1, 0.15) is 5.82 Å². The number of carbonyl (C=O) groups is 3. The van der Waals surface area contributed by atoms with Gasteiger partial charge in [0.15, 0.2) is 6.61 Å². The number of benzene rings is 2. The standard InChI is InChI=1S/C19H16ClFN2O4/c20-11-5-8-13(15(21)9-11)19(26)27-10-17(24)23-16-4-2-1-3-14(16)18(25)22-12-6-7-12/h1-5,8-9,12H,6-7,10H2,(H,22,25)(H,23,24). The Morgan fingerprint density at radius 1 is 1.11 bits per heavy atom. The molecule has 0 heterocycles. The lowest BCUT2D eigenvalue weighted by Crippen LogP contribution is -2.28. The lowest BCUT2D eigenvalue weighted by atomic mass is 10.1. The molecule has 0 spiro atoms. The first-order valence-corrected chi connectivity index (χ1v) is 8.64. The van der Waals surface area contributed by atoms with Gasteiger partial charge in [0, 0.05) is 11.1 Å². The number of nitrogens with one attached hydrogen (secondary N) is 2. The second-order valence-electron chi connectivity index (χ2n) is 6.04. The van der Waals surface area contributed by atoms with Crippen LogP contribution < -0.4 is 10.6 Å². The lowest BCUT2D eigenvalue weighted by molar-refractivity contribution is -0.119. The topological polar surface area (TPSA) is 84.5 Å². The summed E-state index contributed by atoms with van der Waals surface area (Å²) in [4.78, 5) is 36.2. The summed E-state index contributed by atoms with van der Waals surface area (Å²) in [6.07, 6.45) is 1.88. The van der Waals surface area contributed by atoms with Gasteiger partial charge >= 0.3 is 5.97 Å². The molecule has 27 heavy (non-hydrogen) atoms. The predicted molar refractivity (Wildman–Crippen MR) is 97.3 cm³/mol. The van der Waals surface area contributed by atoms with E-state index in [1.807, 2.05) is 0 Å². The Balaban J connectivity index is 1.59. The van der Waals surface area contributed by atoms with Gasteiger partial charge in [-0.05, 0) is 43.2 Å². The summed E-state index contributed by atoms with van der Waals surface area (Å²) in [5, 5.41) is 5.50. The van der Waals surface area contributed by atoms with Gasteiger partial charge in [0.05, 0.1) is 16.8 Å². The van der Waals surface area contributed by atoms with Crippen LogP contribution in [-0.4, -0.2) is 30.4 Å². The summed E-state index contributed by atoms with van der Waals surface area (Å²) in [5.74, 6) is -2.76. The van der Waals surface area contributed by atoms with Gasteiger partial charge in [-0.1, -0.05) is 23.7 Å². The molecule has 0 saturated heterocycles. The number of amides is 2. The van der Waals surface area contributed by atoms with E-state index in [1.54, 1.807) is 24.3 Å². The van der Waals surface area contributed by atoms with E-state index in [-0.39, 0.29) is 22.5 Å². The van der Waals surface area contributed by atoms with Crippen molar-refractivity contribution in [1.82, 2.24) is 5.32 Å². The van der Waals surface area contributed by atoms with E-state index in [1.165, 1.54) is 12.1 Å². The first-order valence-electron chi connectivity index (χ1n) is 8.26. The molecule has 2 amide bonds. The molecule has 0 unspecified atom stereocenters. The number of anilines is 1. The van der Waals surface area contributed by atoms with Crippen LogP contribution in [0.1, 0.15) is 33.6 Å². The Labute approximate surface area is 159 Å². The summed E-state index contributed by atoms with van der Waals surface area (Å²) in [6.45, 7) is -0.626. The quantitative estimate of drug-likeness (QED) is 0.742. The van der Waals surface area contributed by atoms with Crippen molar-refractivity contribution in [3.63, 3.8) is 0 Å². The molecule has 2 aromatic rings. The first kappa shape index (κ1) is 18.8. The van der Waals surface area contributed by atoms with Gasteiger partial charge < -0.3 is 15.4 Å². The van der Waals surface area contributed by atoms with E-state index in [2.05, 4.69) is 10.6 Å². The summed E-state index contributed by atoms with van der Waals surface area (Å²) >= 11 is 5.63. The summed E-state index contributed by atoms with van der Waals surface area (Å²) in [6, 6.07) is 10.2. The molecule has 2 aromatic carbocycles. The van der Waals surface area contributed by atoms with Crippen LogP contribution in [0.25, 0.3) is 0 Å². The smallest absolute Gasteiger partial charge is 0.341 e. The number of para-hydroxylation sites is 1. The van der Waals surface area contributed by atoms with Crippen LogP contribution >= 0.6 is 11.6 Å². The molecule has 0 bridgehead atoms. The maximum absolute atomic E-state index is 13.7. The second-order valence-corrected chi connectivity index (χ2v) is 6.48. The van der Waals surface area contributed by atoms with Crippen LogP contribution in [-0.2, 0) is 9.53 Å². The minimum Gasteiger partial charge on any atom is -0.452 e. The van der Waals surface area contributed by atoms with Crippen LogP contribution in [0.5, 0.6) is 0 Å². The number of hydrogen-bond acceptors (Lipinski definition) is 4. The fourth-order valence-corrected chi connectivity index (χ4v) is 2.49. The fraction of sp³-hybridized carbons (Fsp3) is 0.211. The van der Waals surface area contributed by atoms with Crippen molar-refractivity contribution in [1.29, 1.82) is 0 Å². The van der Waals surface area contributed by atoms with Crippen LogP contribution in [0.4, 0.5) is 10.1 Å². The molecule has 140 valence electrons. The van der Waals surface area contributed by atoms with E-state index in [0.29, 0.717) is 11.3 Å². The van der Waals surface area contributed by atoms with E-state index in [4.69, 9.17) is 16.3 Å². The van der Waals surface area contributed by atoms with Crippen molar-refractivity contribution in [2.75, 3.05) is 11.9 Å². The molecule has 6 nitrogen and oxygen atoms in total. The molecule has 0 aromatic heterocycles. The van der Waals surface area contributed by atoms with Gasteiger partial charge in [0.2, 0.25) is 0 Å². The zero-order valence-corrected chi connectivity index (χ0v) is 14.9. The zero-order valence-electron chi connectivity index (χ0n) is 14.1. The largest absolute Gasteiger partial charge is 0.452 e. The molecule has 8 heteroatoms. The number of halogens is 2. The Kier molecular flexibility index (Phi) is 5.71. The molecule has 0 aliphatic heterocycles. The highest BCUT2D eigenvalue weighted by atomic mass is 35.5. The van der Waals surface area contributed by atoms with Crippen molar-refractivity contribution in [2.24, 2.45) is 0 Å². The summed E-state index contributed by atoms with van der Waals surface area (Å²) < 4.78 is 18.5. The third-order valence-electron chi connectivity index (χ3n) is 3.84. The van der Waals surface area contributed by atoms with Crippen molar-refractivity contribution in [2.45, 2.75) is 18.9 Å². The van der Waals surface area contributed by atoms with Crippen LogP contribution in [0.2, 0.25) is 5.02 Å². The molecule has 1 aliphatic carbocycles. The average Bonchev–Trinajstić information content (AvgIpc) is 3.44. The second kappa shape index (κ2) is 8.18. The minimum absolute atomic E-state index is 0.142. The maximum Gasteiger partial charge on any atom is 0.341 e. The van der Waals surface area contributed by atoms with Gasteiger partial charge in [-0.25, -0.2) is 9.18 Å². The van der Waals surface area contributed by atoms with Gasteiger partial charge in [-0.3, -0.25) is 9.59 Å². The van der Waals surface area contributed by atoms with Crippen molar-refractivity contribution in [3.05, 3.63) is 64.4 Å². The predicted octanol–water partition coefficient (Wildman–Crippen LogP) is 3.17. The number of rotatable bonds is 6. The van der Waals surface area contributed by atoms with E-state index in [9.17, 15) is 18.8 Å². The highest BCUT2D eigenvalue weighted by Gasteiger charge is 2.25.